The van der Waals surface area contributed by atoms with E-state index in [2.05, 4.69) is 57.4 Å². The van der Waals surface area contributed by atoms with Gasteiger partial charge in [-0.25, -0.2) is 4.98 Å². The summed E-state index contributed by atoms with van der Waals surface area (Å²) in [4.78, 5) is 4.78. The monoisotopic (exact) mass is 304 g/mol. The molecular formula is C18H25ClN2. The van der Waals surface area contributed by atoms with Crippen molar-refractivity contribution in [1.82, 2.24) is 9.55 Å². The first-order valence-corrected chi connectivity index (χ1v) is 8.21. The molecule has 1 aromatic carbocycles. The SMILES string of the molecule is Cc1cccc2nc(C(C)Cl)n(CC3C(C)(C)C3(C)C)c12. The second-order valence-corrected chi connectivity index (χ2v) is 8.29. The smallest absolute Gasteiger partial charge is 0.127 e. The van der Waals surface area contributed by atoms with Crippen LogP contribution in [0.2, 0.25) is 0 Å². The molecule has 114 valence electrons. The normalized spacial score (nSPS) is 21.7. The Bertz CT molecular complexity index is 681. The molecule has 1 heterocycles. The summed E-state index contributed by atoms with van der Waals surface area (Å²) in [7, 11) is 0. The Kier molecular flexibility index (Phi) is 3.18. The number of aromatic nitrogens is 2. The van der Waals surface area contributed by atoms with Gasteiger partial charge in [0.1, 0.15) is 5.82 Å². The van der Waals surface area contributed by atoms with E-state index in [0.29, 0.717) is 16.7 Å². The third-order valence-electron chi connectivity index (χ3n) is 6.04. The summed E-state index contributed by atoms with van der Waals surface area (Å²) in [5.74, 6) is 1.66. The minimum absolute atomic E-state index is 0.0678. The predicted octanol–water partition coefficient (Wildman–Crippen LogP) is 5.33. The maximum Gasteiger partial charge on any atom is 0.127 e. The summed E-state index contributed by atoms with van der Waals surface area (Å²) in [6.07, 6.45) is 0. The highest BCUT2D eigenvalue weighted by atomic mass is 35.5. The second kappa shape index (κ2) is 4.49. The number of benzene rings is 1. The zero-order valence-corrected chi connectivity index (χ0v) is 14.6. The van der Waals surface area contributed by atoms with Gasteiger partial charge in [-0.3, -0.25) is 0 Å². The summed E-state index contributed by atoms with van der Waals surface area (Å²) < 4.78 is 2.36. The standard InChI is InChI=1S/C18H25ClN2/c1-11-8-7-9-13-15(11)21(16(20-13)12(2)19)10-14-17(3,4)18(14,5)6/h7-9,12,14H,10H2,1-6H3. The molecule has 1 fully saturated rings. The lowest BCUT2D eigenvalue weighted by molar-refractivity contribution is 0.457. The molecule has 3 heteroatoms. The molecule has 1 aliphatic carbocycles. The Morgan fingerprint density at radius 3 is 2.38 bits per heavy atom. The van der Waals surface area contributed by atoms with Crippen molar-refractivity contribution in [1.29, 1.82) is 0 Å². The first kappa shape index (κ1) is 14.9. The van der Waals surface area contributed by atoms with Crippen LogP contribution in [-0.4, -0.2) is 9.55 Å². The fourth-order valence-corrected chi connectivity index (χ4v) is 4.01. The summed E-state index contributed by atoms with van der Waals surface area (Å²) in [5.41, 5.74) is 4.34. The molecule has 0 bridgehead atoms. The van der Waals surface area contributed by atoms with Crippen LogP contribution in [0.5, 0.6) is 0 Å². The van der Waals surface area contributed by atoms with E-state index in [1.807, 2.05) is 6.92 Å². The number of para-hydroxylation sites is 1. The molecule has 2 nitrogen and oxygen atoms in total. The largest absolute Gasteiger partial charge is 0.326 e. The van der Waals surface area contributed by atoms with Crippen LogP contribution in [0.25, 0.3) is 11.0 Å². The quantitative estimate of drug-likeness (QED) is 0.701. The molecule has 0 amide bonds. The Balaban J connectivity index is 2.11. The summed E-state index contributed by atoms with van der Waals surface area (Å²) in [6.45, 7) is 14.7. The Morgan fingerprint density at radius 2 is 1.86 bits per heavy atom. The maximum absolute atomic E-state index is 6.39. The number of nitrogens with zero attached hydrogens (tertiary/aromatic N) is 2. The average molecular weight is 305 g/mol. The van der Waals surface area contributed by atoms with Crippen LogP contribution in [0.1, 0.15) is 51.4 Å². The van der Waals surface area contributed by atoms with Gasteiger partial charge in [-0.05, 0) is 42.2 Å². The molecule has 0 spiro atoms. The van der Waals surface area contributed by atoms with Crippen LogP contribution >= 0.6 is 11.6 Å². The van der Waals surface area contributed by atoms with Crippen molar-refractivity contribution < 1.29 is 0 Å². The number of hydrogen-bond donors (Lipinski definition) is 0. The fourth-order valence-electron chi connectivity index (χ4n) is 3.84. The Morgan fingerprint density at radius 1 is 1.24 bits per heavy atom. The molecule has 0 N–H and O–H groups in total. The molecular weight excluding hydrogens is 280 g/mol. The molecule has 2 aromatic rings. The van der Waals surface area contributed by atoms with Gasteiger partial charge in [-0.1, -0.05) is 39.8 Å². The van der Waals surface area contributed by atoms with Crippen LogP contribution in [0, 0.1) is 23.7 Å². The van der Waals surface area contributed by atoms with E-state index in [1.54, 1.807) is 0 Å². The van der Waals surface area contributed by atoms with Crippen LogP contribution in [0.3, 0.4) is 0 Å². The second-order valence-electron chi connectivity index (χ2n) is 7.64. The first-order chi connectivity index (χ1) is 9.68. The topological polar surface area (TPSA) is 17.8 Å². The number of fused-ring (bicyclic) bond motifs is 1. The van der Waals surface area contributed by atoms with E-state index in [1.165, 1.54) is 11.1 Å². The van der Waals surface area contributed by atoms with E-state index in [0.717, 1.165) is 17.9 Å². The fraction of sp³-hybridized carbons (Fsp3) is 0.611. The number of halogens is 1. The van der Waals surface area contributed by atoms with E-state index in [9.17, 15) is 0 Å². The first-order valence-electron chi connectivity index (χ1n) is 7.77. The lowest BCUT2D eigenvalue weighted by Crippen LogP contribution is -2.09. The van der Waals surface area contributed by atoms with Crippen molar-refractivity contribution in [2.24, 2.45) is 16.7 Å². The minimum atomic E-state index is -0.0678. The van der Waals surface area contributed by atoms with Crippen molar-refractivity contribution in [3.05, 3.63) is 29.6 Å². The van der Waals surface area contributed by atoms with Crippen LogP contribution in [0.4, 0.5) is 0 Å². The van der Waals surface area contributed by atoms with Gasteiger partial charge in [-0.15, -0.1) is 11.6 Å². The molecule has 1 unspecified atom stereocenters. The van der Waals surface area contributed by atoms with Crippen molar-refractivity contribution in [2.75, 3.05) is 0 Å². The van der Waals surface area contributed by atoms with Gasteiger partial charge in [0.25, 0.3) is 0 Å². The number of aryl methyl sites for hydroxylation is 1. The Labute approximate surface area is 132 Å². The highest BCUT2D eigenvalue weighted by molar-refractivity contribution is 6.20. The minimum Gasteiger partial charge on any atom is -0.326 e. The van der Waals surface area contributed by atoms with Gasteiger partial charge >= 0.3 is 0 Å². The lowest BCUT2D eigenvalue weighted by Gasteiger charge is -2.13. The molecule has 1 aromatic heterocycles. The number of alkyl halides is 1. The third kappa shape index (κ3) is 2.03. The van der Waals surface area contributed by atoms with E-state index in [4.69, 9.17) is 16.6 Å². The number of rotatable bonds is 3. The van der Waals surface area contributed by atoms with Gasteiger partial charge in [0, 0.05) is 6.54 Å². The summed E-state index contributed by atoms with van der Waals surface area (Å²) in [5, 5.41) is -0.0678. The maximum atomic E-state index is 6.39. The number of imidazole rings is 1. The molecule has 1 aliphatic rings. The zero-order chi connectivity index (χ0) is 15.6. The van der Waals surface area contributed by atoms with Crippen molar-refractivity contribution in [2.45, 2.75) is 53.5 Å². The summed E-state index contributed by atoms with van der Waals surface area (Å²) >= 11 is 6.39. The van der Waals surface area contributed by atoms with Crippen molar-refractivity contribution in [3.8, 4) is 0 Å². The molecule has 21 heavy (non-hydrogen) atoms. The van der Waals surface area contributed by atoms with Crippen molar-refractivity contribution >= 4 is 22.6 Å². The van der Waals surface area contributed by atoms with Crippen molar-refractivity contribution in [3.63, 3.8) is 0 Å². The summed E-state index contributed by atoms with van der Waals surface area (Å²) in [6, 6.07) is 6.32. The van der Waals surface area contributed by atoms with E-state index < -0.39 is 0 Å². The van der Waals surface area contributed by atoms with Gasteiger partial charge in [0.05, 0.1) is 16.4 Å². The molecule has 0 aliphatic heterocycles. The molecule has 0 radical (unpaired) electrons. The predicted molar refractivity (Wildman–Crippen MR) is 89.8 cm³/mol. The highest BCUT2D eigenvalue weighted by Crippen LogP contribution is 2.69. The van der Waals surface area contributed by atoms with Gasteiger partial charge in [0.2, 0.25) is 0 Å². The Hall–Kier alpha value is -1.02. The van der Waals surface area contributed by atoms with Gasteiger partial charge in [0.15, 0.2) is 0 Å². The van der Waals surface area contributed by atoms with Crippen LogP contribution in [0.15, 0.2) is 18.2 Å². The average Bonchev–Trinajstić information content (AvgIpc) is 2.72. The van der Waals surface area contributed by atoms with Crippen LogP contribution < -0.4 is 0 Å². The van der Waals surface area contributed by atoms with Gasteiger partial charge < -0.3 is 4.57 Å². The van der Waals surface area contributed by atoms with E-state index >= 15 is 0 Å². The molecule has 1 saturated carbocycles. The van der Waals surface area contributed by atoms with Crippen LogP contribution in [-0.2, 0) is 6.54 Å². The number of hydrogen-bond acceptors (Lipinski definition) is 1. The molecule has 3 rings (SSSR count). The highest BCUT2D eigenvalue weighted by Gasteiger charge is 2.64. The zero-order valence-electron chi connectivity index (χ0n) is 13.9. The molecule has 1 atom stereocenters. The van der Waals surface area contributed by atoms with E-state index in [-0.39, 0.29) is 5.38 Å². The lowest BCUT2D eigenvalue weighted by atomic mass is 10.0. The molecule has 0 saturated heterocycles. The van der Waals surface area contributed by atoms with Gasteiger partial charge in [-0.2, -0.15) is 0 Å². The third-order valence-corrected chi connectivity index (χ3v) is 6.23.